The molecule has 1 heterocycles. The van der Waals surface area contributed by atoms with Crippen molar-refractivity contribution in [2.24, 2.45) is 0 Å². The number of halogens is 2. The van der Waals surface area contributed by atoms with Crippen LogP contribution >= 0.6 is 11.8 Å². The zero-order chi connectivity index (χ0) is 22.8. The molecule has 3 rings (SSSR count). The molecule has 0 saturated carbocycles. The summed E-state index contributed by atoms with van der Waals surface area (Å²) in [4.78, 5) is 0.118. The van der Waals surface area contributed by atoms with Gasteiger partial charge in [0.15, 0.2) is 5.82 Å². The number of hydrogen-bond donors (Lipinski definition) is 1. The average Bonchev–Trinajstić information content (AvgIpc) is 3.09. The molecule has 0 aliphatic heterocycles. The van der Waals surface area contributed by atoms with Crippen molar-refractivity contribution < 1.29 is 17.2 Å². The molecule has 31 heavy (non-hydrogen) atoms. The normalized spacial score (nSPS) is 13.0. The number of aromatic nitrogens is 3. The fourth-order valence-electron chi connectivity index (χ4n) is 3.18. The second-order valence-electron chi connectivity index (χ2n) is 6.69. The third-order valence-corrected chi connectivity index (χ3v) is 7.91. The summed E-state index contributed by atoms with van der Waals surface area (Å²) >= 11 is 1.05. The van der Waals surface area contributed by atoms with Crippen molar-refractivity contribution in [3.8, 4) is 11.4 Å². The van der Waals surface area contributed by atoms with Crippen LogP contribution in [0.15, 0.2) is 52.5 Å². The first-order chi connectivity index (χ1) is 14.7. The summed E-state index contributed by atoms with van der Waals surface area (Å²) in [6.07, 6.45) is 0. The van der Waals surface area contributed by atoms with Gasteiger partial charge in [0, 0.05) is 29.5 Å². The Morgan fingerprint density at radius 2 is 1.71 bits per heavy atom. The van der Waals surface area contributed by atoms with Crippen molar-refractivity contribution in [3.63, 3.8) is 0 Å². The lowest BCUT2D eigenvalue weighted by Crippen LogP contribution is -2.30. The van der Waals surface area contributed by atoms with Crippen LogP contribution in [-0.2, 0) is 10.0 Å². The fraction of sp³-hybridized carbons (Fsp3) is 0.300. The molecule has 0 amide bonds. The molecule has 0 saturated heterocycles. The molecule has 0 aliphatic rings. The number of hydrogen-bond acceptors (Lipinski definition) is 6. The van der Waals surface area contributed by atoms with Crippen LogP contribution in [0.25, 0.3) is 11.4 Å². The van der Waals surface area contributed by atoms with Gasteiger partial charge in [0.05, 0.1) is 4.90 Å². The van der Waals surface area contributed by atoms with Crippen LogP contribution in [0.3, 0.4) is 0 Å². The lowest BCUT2D eigenvalue weighted by molar-refractivity contribution is 0.445. The quantitative estimate of drug-likeness (QED) is 0.400. The Morgan fingerprint density at radius 3 is 2.32 bits per heavy atom. The molecule has 0 radical (unpaired) electrons. The SMILES string of the molecule is CCN(CC)S(=O)(=O)c1cccc(-c2nnc(SC(C)c3c(F)cccc3F)n2N)c1. The lowest BCUT2D eigenvalue weighted by atomic mass is 10.1. The Morgan fingerprint density at radius 1 is 1.10 bits per heavy atom. The highest BCUT2D eigenvalue weighted by Crippen LogP contribution is 2.37. The third kappa shape index (κ3) is 4.58. The lowest BCUT2D eigenvalue weighted by Gasteiger charge is -2.18. The van der Waals surface area contributed by atoms with E-state index in [0.717, 1.165) is 11.8 Å². The molecule has 166 valence electrons. The van der Waals surface area contributed by atoms with Gasteiger partial charge in [-0.25, -0.2) is 21.9 Å². The van der Waals surface area contributed by atoms with E-state index in [0.29, 0.717) is 18.7 Å². The monoisotopic (exact) mass is 467 g/mol. The van der Waals surface area contributed by atoms with E-state index in [1.165, 1.54) is 39.3 Å². The summed E-state index contributed by atoms with van der Waals surface area (Å²) in [7, 11) is -3.66. The number of nitrogens with two attached hydrogens (primary N) is 1. The van der Waals surface area contributed by atoms with Gasteiger partial charge in [-0.2, -0.15) is 4.31 Å². The molecule has 2 N–H and O–H groups in total. The maximum absolute atomic E-state index is 14.1. The summed E-state index contributed by atoms with van der Waals surface area (Å²) in [5, 5.41) is 7.70. The first kappa shape index (κ1) is 23.2. The molecule has 11 heteroatoms. The topological polar surface area (TPSA) is 94.1 Å². The third-order valence-electron chi connectivity index (χ3n) is 4.79. The minimum Gasteiger partial charge on any atom is -0.335 e. The maximum atomic E-state index is 14.1. The summed E-state index contributed by atoms with van der Waals surface area (Å²) in [6.45, 7) is 5.87. The van der Waals surface area contributed by atoms with E-state index >= 15 is 0 Å². The molecule has 1 atom stereocenters. The number of nitrogen functional groups attached to an aromatic ring is 1. The van der Waals surface area contributed by atoms with Gasteiger partial charge >= 0.3 is 0 Å². The van der Waals surface area contributed by atoms with Gasteiger partial charge in [0.25, 0.3) is 0 Å². The minimum atomic E-state index is -3.66. The molecule has 2 aromatic carbocycles. The van der Waals surface area contributed by atoms with Crippen LogP contribution in [0.1, 0.15) is 31.6 Å². The van der Waals surface area contributed by atoms with Crippen LogP contribution in [0.5, 0.6) is 0 Å². The van der Waals surface area contributed by atoms with Crippen molar-refractivity contribution in [1.82, 2.24) is 19.2 Å². The standard InChI is InChI=1S/C20H23F2N5O2S2/c1-4-26(5-2)31(28,29)15-9-6-8-14(12-15)19-24-25-20(27(19)23)30-13(3)18-16(21)10-7-11-17(18)22/h6-13H,4-5,23H2,1-3H3. The van der Waals surface area contributed by atoms with Crippen LogP contribution in [0, 0.1) is 11.6 Å². The van der Waals surface area contributed by atoms with Gasteiger partial charge in [-0.15, -0.1) is 10.2 Å². The number of thioether (sulfide) groups is 1. The fourth-order valence-corrected chi connectivity index (χ4v) is 5.63. The first-order valence-corrected chi connectivity index (χ1v) is 11.9. The molecule has 1 unspecified atom stereocenters. The Kier molecular flexibility index (Phi) is 6.97. The molecule has 0 spiro atoms. The van der Waals surface area contributed by atoms with E-state index in [4.69, 9.17) is 5.84 Å². The zero-order valence-electron chi connectivity index (χ0n) is 17.3. The maximum Gasteiger partial charge on any atom is 0.243 e. The van der Waals surface area contributed by atoms with Gasteiger partial charge in [0.1, 0.15) is 11.6 Å². The second-order valence-corrected chi connectivity index (χ2v) is 9.93. The summed E-state index contributed by atoms with van der Waals surface area (Å²) in [5.74, 6) is 5.06. The Balaban J connectivity index is 1.92. The van der Waals surface area contributed by atoms with Gasteiger partial charge in [-0.1, -0.05) is 43.8 Å². The highest BCUT2D eigenvalue weighted by Gasteiger charge is 2.24. The number of benzene rings is 2. The Bertz CT molecular complexity index is 1160. The van der Waals surface area contributed by atoms with Crippen LogP contribution in [0.4, 0.5) is 8.78 Å². The highest BCUT2D eigenvalue weighted by molar-refractivity contribution is 7.99. The van der Waals surface area contributed by atoms with E-state index in [9.17, 15) is 17.2 Å². The molecular weight excluding hydrogens is 444 g/mol. The molecule has 0 aliphatic carbocycles. The molecule has 0 bridgehead atoms. The Labute approximate surface area is 184 Å². The summed E-state index contributed by atoms with van der Waals surface area (Å²) < 4.78 is 56.3. The molecule has 0 fully saturated rings. The predicted molar refractivity (Wildman–Crippen MR) is 116 cm³/mol. The van der Waals surface area contributed by atoms with Gasteiger partial charge in [-0.3, -0.25) is 0 Å². The van der Waals surface area contributed by atoms with Crippen LogP contribution < -0.4 is 5.84 Å². The zero-order valence-corrected chi connectivity index (χ0v) is 18.9. The van der Waals surface area contributed by atoms with E-state index in [2.05, 4.69) is 10.2 Å². The van der Waals surface area contributed by atoms with E-state index in [1.807, 2.05) is 0 Å². The van der Waals surface area contributed by atoms with Crippen molar-refractivity contribution in [2.45, 2.75) is 36.1 Å². The smallest absolute Gasteiger partial charge is 0.243 e. The molecular formula is C20H23F2N5O2S2. The van der Waals surface area contributed by atoms with Gasteiger partial charge in [0.2, 0.25) is 15.2 Å². The summed E-state index contributed by atoms with van der Waals surface area (Å²) in [6, 6.07) is 9.94. The van der Waals surface area contributed by atoms with Crippen molar-refractivity contribution in [1.29, 1.82) is 0 Å². The van der Waals surface area contributed by atoms with Gasteiger partial charge in [-0.05, 0) is 31.2 Å². The van der Waals surface area contributed by atoms with Crippen LogP contribution in [-0.4, -0.2) is 40.7 Å². The minimum absolute atomic E-state index is 0.0793. The van der Waals surface area contributed by atoms with E-state index in [1.54, 1.807) is 32.9 Å². The molecule has 1 aromatic heterocycles. The molecule has 3 aromatic rings. The summed E-state index contributed by atoms with van der Waals surface area (Å²) in [5.41, 5.74) is 0.379. The highest BCUT2D eigenvalue weighted by atomic mass is 32.2. The first-order valence-electron chi connectivity index (χ1n) is 9.62. The van der Waals surface area contributed by atoms with Crippen molar-refractivity contribution >= 4 is 21.8 Å². The van der Waals surface area contributed by atoms with Crippen molar-refractivity contribution in [2.75, 3.05) is 18.9 Å². The average molecular weight is 468 g/mol. The largest absolute Gasteiger partial charge is 0.335 e. The molecule has 7 nitrogen and oxygen atoms in total. The number of nitrogens with zero attached hydrogens (tertiary/aromatic N) is 4. The van der Waals surface area contributed by atoms with Crippen LogP contribution in [0.2, 0.25) is 0 Å². The number of rotatable bonds is 8. The number of sulfonamides is 1. The van der Waals surface area contributed by atoms with Crippen molar-refractivity contribution in [3.05, 3.63) is 59.7 Å². The second kappa shape index (κ2) is 9.33. The van der Waals surface area contributed by atoms with E-state index < -0.39 is 26.9 Å². The van der Waals surface area contributed by atoms with E-state index in [-0.39, 0.29) is 21.4 Å². The Hall–Kier alpha value is -2.50. The van der Waals surface area contributed by atoms with Gasteiger partial charge < -0.3 is 5.84 Å². The predicted octanol–water partition coefficient (Wildman–Crippen LogP) is 3.82.